The van der Waals surface area contributed by atoms with E-state index in [0.29, 0.717) is 0 Å². The lowest BCUT2D eigenvalue weighted by molar-refractivity contribution is 1.28. The van der Waals surface area contributed by atoms with Crippen molar-refractivity contribution in [2.45, 2.75) is 0 Å². The van der Waals surface area contributed by atoms with E-state index in [2.05, 4.69) is 266 Å². The molecular formula is C60H43N. The van der Waals surface area contributed by atoms with Crippen molar-refractivity contribution in [3.63, 3.8) is 0 Å². The fraction of sp³-hybridized carbons (Fsp3) is 0. The van der Waals surface area contributed by atoms with Crippen LogP contribution < -0.4 is 4.90 Å². The number of rotatable bonds is 10. The zero-order chi connectivity index (χ0) is 40.8. The first-order valence-electron chi connectivity index (χ1n) is 20.9. The maximum absolute atomic E-state index is 2.41. The third kappa shape index (κ3) is 7.81. The Hall–Kier alpha value is -8.00. The molecule has 61 heavy (non-hydrogen) atoms. The van der Waals surface area contributed by atoms with Crippen LogP contribution >= 0.6 is 0 Å². The SMILES string of the molecule is c1ccc(-c2ccc(-c3ccc(N(c4ccc(-c5ccccc5)cc4)c4ccccc4-c4ccc(-c5ccccc5)cc4-c4ccccc4-c4ccccc4)cc3)cc2)cc1. The first-order chi connectivity index (χ1) is 30.3. The lowest BCUT2D eigenvalue weighted by Gasteiger charge is -2.29. The van der Waals surface area contributed by atoms with E-state index in [-0.39, 0.29) is 0 Å². The van der Waals surface area contributed by atoms with Crippen LogP contribution in [-0.4, -0.2) is 0 Å². The van der Waals surface area contributed by atoms with Gasteiger partial charge in [-0.2, -0.15) is 0 Å². The maximum Gasteiger partial charge on any atom is 0.0540 e. The van der Waals surface area contributed by atoms with Crippen molar-refractivity contribution < 1.29 is 0 Å². The lowest BCUT2D eigenvalue weighted by atomic mass is 9.86. The second kappa shape index (κ2) is 17.1. The third-order valence-electron chi connectivity index (χ3n) is 11.5. The molecule has 0 radical (unpaired) electrons. The number of hydrogen-bond acceptors (Lipinski definition) is 1. The molecule has 288 valence electrons. The van der Waals surface area contributed by atoms with Gasteiger partial charge in [0.25, 0.3) is 0 Å². The molecule has 0 atom stereocenters. The van der Waals surface area contributed by atoms with Crippen molar-refractivity contribution in [3.8, 4) is 77.9 Å². The van der Waals surface area contributed by atoms with E-state index < -0.39 is 0 Å². The summed E-state index contributed by atoms with van der Waals surface area (Å²) in [6, 6.07) is 94.0. The molecule has 0 saturated carbocycles. The predicted molar refractivity (Wildman–Crippen MR) is 259 cm³/mol. The van der Waals surface area contributed by atoms with Crippen LogP contribution in [0, 0.1) is 0 Å². The number of anilines is 3. The normalized spacial score (nSPS) is 11.0. The van der Waals surface area contributed by atoms with Crippen molar-refractivity contribution in [1.29, 1.82) is 0 Å². The number of para-hydroxylation sites is 1. The zero-order valence-corrected chi connectivity index (χ0v) is 33.8. The topological polar surface area (TPSA) is 3.24 Å². The molecule has 0 amide bonds. The predicted octanol–water partition coefficient (Wildman–Crippen LogP) is 16.8. The molecule has 0 bridgehead atoms. The van der Waals surface area contributed by atoms with E-state index in [1.807, 2.05) is 0 Å². The van der Waals surface area contributed by atoms with E-state index in [9.17, 15) is 0 Å². The van der Waals surface area contributed by atoms with Crippen LogP contribution in [0.1, 0.15) is 0 Å². The van der Waals surface area contributed by atoms with Gasteiger partial charge in [-0.1, -0.05) is 224 Å². The van der Waals surface area contributed by atoms with Crippen LogP contribution in [0.2, 0.25) is 0 Å². The molecule has 10 rings (SSSR count). The molecule has 10 aromatic carbocycles. The summed E-state index contributed by atoms with van der Waals surface area (Å²) in [6.45, 7) is 0. The van der Waals surface area contributed by atoms with Gasteiger partial charge in [-0.05, 0) is 109 Å². The largest absolute Gasteiger partial charge is 0.310 e. The fourth-order valence-corrected chi connectivity index (χ4v) is 8.45. The van der Waals surface area contributed by atoms with Crippen molar-refractivity contribution in [2.24, 2.45) is 0 Å². The van der Waals surface area contributed by atoms with Crippen molar-refractivity contribution in [3.05, 3.63) is 261 Å². The summed E-state index contributed by atoms with van der Waals surface area (Å²) in [7, 11) is 0. The fourth-order valence-electron chi connectivity index (χ4n) is 8.45. The minimum Gasteiger partial charge on any atom is -0.310 e. The van der Waals surface area contributed by atoms with Gasteiger partial charge in [0, 0.05) is 16.9 Å². The molecular weight excluding hydrogens is 735 g/mol. The summed E-state index contributed by atoms with van der Waals surface area (Å²) >= 11 is 0. The van der Waals surface area contributed by atoms with Crippen LogP contribution in [0.3, 0.4) is 0 Å². The summed E-state index contributed by atoms with van der Waals surface area (Å²) in [4.78, 5) is 2.41. The summed E-state index contributed by atoms with van der Waals surface area (Å²) in [6.07, 6.45) is 0. The summed E-state index contributed by atoms with van der Waals surface area (Å²) in [5.41, 5.74) is 19.9. The van der Waals surface area contributed by atoms with Gasteiger partial charge in [-0.3, -0.25) is 0 Å². The van der Waals surface area contributed by atoms with Gasteiger partial charge in [-0.15, -0.1) is 0 Å². The molecule has 0 aliphatic rings. The molecule has 0 aliphatic heterocycles. The minimum absolute atomic E-state index is 1.08. The van der Waals surface area contributed by atoms with E-state index in [1.54, 1.807) is 0 Å². The van der Waals surface area contributed by atoms with E-state index in [1.165, 1.54) is 72.3 Å². The molecule has 0 aromatic heterocycles. The van der Waals surface area contributed by atoms with Crippen LogP contribution in [0.25, 0.3) is 77.9 Å². The molecule has 10 aromatic rings. The standard InChI is InChI=1S/C60H43N/c1-5-17-44(18-6-1)47-29-31-48(32-30-47)50-35-40-54(41-36-50)61(53-38-33-49(34-39-53)45-19-7-2-8-20-45)60-28-16-15-27-58(60)57-42-37-52(46-21-9-3-10-22-46)43-59(57)56-26-14-13-25-55(56)51-23-11-4-12-24-51/h1-43H. The van der Waals surface area contributed by atoms with E-state index in [4.69, 9.17) is 0 Å². The Balaban J connectivity index is 1.12. The van der Waals surface area contributed by atoms with Gasteiger partial charge >= 0.3 is 0 Å². The highest BCUT2D eigenvalue weighted by molar-refractivity contribution is 5.98. The Morgan fingerprint density at radius 3 is 0.967 bits per heavy atom. The van der Waals surface area contributed by atoms with Crippen LogP contribution in [0.4, 0.5) is 17.1 Å². The van der Waals surface area contributed by atoms with Gasteiger partial charge in [0.1, 0.15) is 0 Å². The second-order valence-corrected chi connectivity index (χ2v) is 15.3. The molecule has 0 saturated heterocycles. The Kier molecular flexibility index (Phi) is 10.4. The van der Waals surface area contributed by atoms with E-state index >= 15 is 0 Å². The Morgan fingerprint density at radius 1 is 0.180 bits per heavy atom. The molecule has 1 heteroatoms. The highest BCUT2D eigenvalue weighted by Gasteiger charge is 2.21. The Morgan fingerprint density at radius 2 is 0.492 bits per heavy atom. The molecule has 0 aliphatic carbocycles. The Bertz CT molecular complexity index is 3010. The van der Waals surface area contributed by atoms with Crippen molar-refractivity contribution in [1.82, 2.24) is 0 Å². The molecule has 0 unspecified atom stereocenters. The van der Waals surface area contributed by atoms with E-state index in [0.717, 1.165) is 22.6 Å². The maximum atomic E-state index is 2.41. The van der Waals surface area contributed by atoms with Crippen molar-refractivity contribution in [2.75, 3.05) is 4.90 Å². The first kappa shape index (κ1) is 37.3. The highest BCUT2D eigenvalue weighted by atomic mass is 15.1. The van der Waals surface area contributed by atoms with Gasteiger partial charge < -0.3 is 4.90 Å². The summed E-state index contributed by atoms with van der Waals surface area (Å²) in [5, 5.41) is 0. The highest BCUT2D eigenvalue weighted by Crippen LogP contribution is 2.46. The Labute approximate surface area is 359 Å². The minimum atomic E-state index is 1.08. The smallest absolute Gasteiger partial charge is 0.0540 e. The first-order valence-corrected chi connectivity index (χ1v) is 20.9. The van der Waals surface area contributed by atoms with Gasteiger partial charge in [0.2, 0.25) is 0 Å². The summed E-state index contributed by atoms with van der Waals surface area (Å²) < 4.78 is 0. The average molecular weight is 778 g/mol. The van der Waals surface area contributed by atoms with Crippen LogP contribution in [0.15, 0.2) is 261 Å². The number of hydrogen-bond donors (Lipinski definition) is 0. The molecule has 0 fully saturated rings. The van der Waals surface area contributed by atoms with Crippen LogP contribution in [-0.2, 0) is 0 Å². The number of nitrogens with zero attached hydrogens (tertiary/aromatic N) is 1. The lowest BCUT2D eigenvalue weighted by Crippen LogP contribution is -2.11. The molecule has 0 N–H and O–H groups in total. The quantitative estimate of drug-likeness (QED) is 0.134. The molecule has 0 heterocycles. The third-order valence-corrected chi connectivity index (χ3v) is 11.5. The second-order valence-electron chi connectivity index (χ2n) is 15.3. The van der Waals surface area contributed by atoms with Crippen molar-refractivity contribution >= 4 is 17.1 Å². The monoisotopic (exact) mass is 777 g/mol. The molecule has 1 nitrogen and oxygen atoms in total. The van der Waals surface area contributed by atoms with Gasteiger partial charge in [-0.25, -0.2) is 0 Å². The molecule has 0 spiro atoms. The zero-order valence-electron chi connectivity index (χ0n) is 33.8. The van der Waals surface area contributed by atoms with Crippen LogP contribution in [0.5, 0.6) is 0 Å². The van der Waals surface area contributed by atoms with Gasteiger partial charge in [0.05, 0.1) is 5.69 Å². The van der Waals surface area contributed by atoms with Gasteiger partial charge in [0.15, 0.2) is 0 Å². The summed E-state index contributed by atoms with van der Waals surface area (Å²) in [5.74, 6) is 0. The average Bonchev–Trinajstić information content (AvgIpc) is 3.36. The number of benzene rings is 10.